The molecule has 1 aliphatic rings. The van der Waals surface area contributed by atoms with Crippen molar-refractivity contribution in [3.63, 3.8) is 0 Å². The first kappa shape index (κ1) is 3.08. The monoisotopic (exact) mass is 72.1 g/mol. The Bertz CT molecular complexity index is 16.5. The molecule has 0 spiro atoms. The molecule has 1 aliphatic heterocycles. The van der Waals surface area contributed by atoms with Crippen LogP contribution in [0.5, 0.6) is 0 Å². The van der Waals surface area contributed by atoms with Gasteiger partial charge in [-0.1, -0.05) is 5.53 Å². The second-order valence-electron chi connectivity index (χ2n) is 0.928. The van der Waals surface area contributed by atoms with Gasteiger partial charge in [-0.25, -0.2) is 10.9 Å². The number of hydrogen-bond acceptors (Lipinski definition) is 2. The number of nitrogens with one attached hydrogen (secondary N) is 2. The van der Waals surface area contributed by atoms with Crippen molar-refractivity contribution in [3.05, 3.63) is 0 Å². The van der Waals surface area contributed by atoms with Gasteiger partial charge in [-0.2, -0.15) is 0 Å². The first-order valence-electron chi connectivity index (χ1n) is 1.65. The molecule has 3 heteroatoms. The summed E-state index contributed by atoms with van der Waals surface area (Å²) in [7, 11) is 0. The first-order valence-corrected chi connectivity index (χ1v) is 1.65. The Hall–Kier alpha value is -0.120. The van der Waals surface area contributed by atoms with Crippen LogP contribution in [0.1, 0.15) is 0 Å². The van der Waals surface area contributed by atoms with Gasteiger partial charge >= 0.3 is 0 Å². The van der Waals surface area contributed by atoms with E-state index in [-0.39, 0.29) is 0 Å². The zero-order valence-corrected chi connectivity index (χ0v) is 2.86. The highest BCUT2D eigenvalue weighted by molar-refractivity contribution is 4.46. The van der Waals surface area contributed by atoms with E-state index in [1.807, 2.05) is 0 Å². The molecule has 0 aromatic rings. The number of rotatable bonds is 0. The Morgan fingerprint density at radius 2 is 1.80 bits per heavy atom. The molecule has 2 N–H and O–H groups in total. The Morgan fingerprint density at radius 3 is 2.00 bits per heavy atom. The maximum Gasteiger partial charge on any atom is 0.0271 e. The highest BCUT2D eigenvalue weighted by atomic mass is 15.6. The lowest BCUT2D eigenvalue weighted by Gasteiger charge is -1.77. The molecule has 3 nitrogen and oxygen atoms in total. The Balaban J connectivity index is 2.08. The molecule has 1 saturated heterocycles. The molecule has 1 heterocycles. The van der Waals surface area contributed by atoms with Crippen molar-refractivity contribution in [1.82, 2.24) is 16.4 Å². The smallest absolute Gasteiger partial charge is 0.0271 e. The largest absolute Gasteiger partial charge is 0.223 e. The van der Waals surface area contributed by atoms with Crippen molar-refractivity contribution in [2.75, 3.05) is 13.1 Å². The fourth-order valence-corrected chi connectivity index (χ4v) is 0.280. The van der Waals surface area contributed by atoms with Crippen LogP contribution in [0.25, 0.3) is 0 Å². The molecular weight excluding hydrogens is 66.0 g/mol. The van der Waals surface area contributed by atoms with Gasteiger partial charge in [0.2, 0.25) is 0 Å². The first-order chi connectivity index (χ1) is 2.50. The van der Waals surface area contributed by atoms with E-state index in [0.29, 0.717) is 0 Å². The van der Waals surface area contributed by atoms with E-state index in [1.54, 1.807) is 0 Å². The quantitative estimate of drug-likeness (QED) is 0.370. The van der Waals surface area contributed by atoms with Crippen LogP contribution in [0.3, 0.4) is 0 Å². The average molecular weight is 72.1 g/mol. The molecule has 0 atom stereocenters. The van der Waals surface area contributed by atoms with Gasteiger partial charge in [0.1, 0.15) is 0 Å². The van der Waals surface area contributed by atoms with Crippen molar-refractivity contribution < 1.29 is 0 Å². The zero-order valence-electron chi connectivity index (χ0n) is 2.86. The van der Waals surface area contributed by atoms with Crippen LogP contribution in [0, 0.1) is 0 Å². The lowest BCUT2D eigenvalue weighted by molar-refractivity contribution is 0.576. The fourth-order valence-electron chi connectivity index (χ4n) is 0.280. The molecular formula is C2H6N3. The predicted molar refractivity (Wildman–Crippen MR) is 18.1 cm³/mol. The van der Waals surface area contributed by atoms with E-state index in [9.17, 15) is 0 Å². The summed E-state index contributed by atoms with van der Waals surface area (Å²) >= 11 is 0. The number of hydrogen-bond donors (Lipinski definition) is 2. The molecule has 5 heavy (non-hydrogen) atoms. The third-order valence-electron chi connectivity index (χ3n) is 0.507. The fraction of sp³-hybridized carbons (Fsp3) is 1.00. The topological polar surface area (TPSA) is 38.2 Å². The summed E-state index contributed by atoms with van der Waals surface area (Å²) in [6.07, 6.45) is 0. The third-order valence-corrected chi connectivity index (χ3v) is 0.507. The van der Waals surface area contributed by atoms with Crippen LogP contribution in [-0.4, -0.2) is 13.1 Å². The van der Waals surface area contributed by atoms with Crippen LogP contribution in [0.4, 0.5) is 0 Å². The van der Waals surface area contributed by atoms with Gasteiger partial charge in [0.25, 0.3) is 0 Å². The van der Waals surface area contributed by atoms with Crippen molar-refractivity contribution >= 4 is 0 Å². The standard InChI is InChI=1S/C2H6N3/c1-2-4-5-3-1/h3-4H,1-2H2. The zero-order chi connectivity index (χ0) is 3.54. The number of nitrogens with zero attached hydrogens (tertiary/aromatic N) is 1. The maximum atomic E-state index is 3.58. The molecule has 1 fully saturated rings. The average Bonchev–Trinajstić information content (AvgIpc) is 1.76. The van der Waals surface area contributed by atoms with Crippen LogP contribution in [-0.2, 0) is 0 Å². The minimum Gasteiger partial charge on any atom is -0.223 e. The Labute approximate surface area is 30.7 Å². The van der Waals surface area contributed by atoms with E-state index in [0.717, 1.165) is 13.1 Å². The molecule has 1 rings (SSSR count). The van der Waals surface area contributed by atoms with Gasteiger partial charge in [-0.05, 0) is 0 Å². The van der Waals surface area contributed by atoms with E-state index >= 15 is 0 Å². The highest BCUT2D eigenvalue weighted by Crippen LogP contribution is 1.57. The third kappa shape index (κ3) is 0.576. The van der Waals surface area contributed by atoms with Crippen LogP contribution < -0.4 is 16.4 Å². The molecule has 0 unspecified atom stereocenters. The van der Waals surface area contributed by atoms with Gasteiger partial charge in [-0.15, -0.1) is 0 Å². The molecule has 1 radical (unpaired) electrons. The summed E-state index contributed by atoms with van der Waals surface area (Å²) < 4.78 is 0. The maximum absolute atomic E-state index is 3.58. The summed E-state index contributed by atoms with van der Waals surface area (Å²) in [6, 6.07) is 0. The van der Waals surface area contributed by atoms with Gasteiger partial charge in [-0.3, -0.25) is 0 Å². The molecule has 0 saturated carbocycles. The SMILES string of the molecule is C1CN[N]N1. The summed E-state index contributed by atoms with van der Waals surface area (Å²) in [6.45, 7) is 1.94. The second kappa shape index (κ2) is 1.35. The second-order valence-corrected chi connectivity index (χ2v) is 0.928. The molecule has 29 valence electrons. The van der Waals surface area contributed by atoms with Crippen molar-refractivity contribution in [1.29, 1.82) is 0 Å². The van der Waals surface area contributed by atoms with Gasteiger partial charge in [0, 0.05) is 13.1 Å². The van der Waals surface area contributed by atoms with E-state index in [4.69, 9.17) is 0 Å². The summed E-state index contributed by atoms with van der Waals surface area (Å²) in [4.78, 5) is 0. The molecule has 0 bridgehead atoms. The molecule has 0 aromatic heterocycles. The van der Waals surface area contributed by atoms with Crippen LogP contribution >= 0.6 is 0 Å². The lowest BCUT2D eigenvalue weighted by Crippen LogP contribution is -2.20. The van der Waals surface area contributed by atoms with Gasteiger partial charge in [0.05, 0.1) is 0 Å². The molecule has 0 amide bonds. The van der Waals surface area contributed by atoms with Crippen molar-refractivity contribution in [2.45, 2.75) is 0 Å². The predicted octanol–water partition coefficient (Wildman–Crippen LogP) is -1.39. The Morgan fingerprint density at radius 1 is 1.20 bits per heavy atom. The summed E-state index contributed by atoms with van der Waals surface area (Å²) in [5.41, 5.74) is 9.06. The highest BCUT2D eigenvalue weighted by Gasteiger charge is 1.91. The minimum absolute atomic E-state index is 0.972. The lowest BCUT2D eigenvalue weighted by atomic mass is 10.7. The van der Waals surface area contributed by atoms with E-state index < -0.39 is 0 Å². The van der Waals surface area contributed by atoms with Gasteiger partial charge < -0.3 is 0 Å². The summed E-state index contributed by atoms with van der Waals surface area (Å²) in [5, 5.41) is 0. The van der Waals surface area contributed by atoms with Crippen molar-refractivity contribution in [2.24, 2.45) is 0 Å². The van der Waals surface area contributed by atoms with E-state index in [1.165, 1.54) is 0 Å². The minimum atomic E-state index is 0.972. The van der Waals surface area contributed by atoms with Crippen molar-refractivity contribution in [3.8, 4) is 0 Å². The van der Waals surface area contributed by atoms with Gasteiger partial charge in [0.15, 0.2) is 0 Å². The van der Waals surface area contributed by atoms with Crippen LogP contribution in [0.2, 0.25) is 0 Å². The molecule has 0 aromatic carbocycles. The van der Waals surface area contributed by atoms with Crippen LogP contribution in [0.15, 0.2) is 0 Å². The normalized spacial score (nSPS) is 24.0. The molecule has 0 aliphatic carbocycles. The Kier molecular flexibility index (Phi) is 0.834. The summed E-state index contributed by atoms with van der Waals surface area (Å²) in [5.74, 6) is 0. The van der Waals surface area contributed by atoms with E-state index in [2.05, 4.69) is 16.4 Å².